The van der Waals surface area contributed by atoms with E-state index in [0.717, 1.165) is 6.07 Å². The summed E-state index contributed by atoms with van der Waals surface area (Å²) in [5, 5.41) is 21.4. The van der Waals surface area contributed by atoms with E-state index in [1.54, 1.807) is 42.5 Å². The second kappa shape index (κ2) is 9.80. The molecule has 0 fully saturated rings. The van der Waals surface area contributed by atoms with Gasteiger partial charge in [0.15, 0.2) is 5.43 Å². The van der Waals surface area contributed by atoms with Gasteiger partial charge < -0.3 is 28.8 Å². The number of ether oxygens (including phenoxy) is 3. The van der Waals surface area contributed by atoms with Crippen molar-refractivity contribution in [1.29, 1.82) is 0 Å². The molecule has 0 unspecified atom stereocenters. The van der Waals surface area contributed by atoms with Crippen LogP contribution in [0.15, 0.2) is 69.9 Å². The Morgan fingerprint density at radius 3 is 2.34 bits per heavy atom. The van der Waals surface area contributed by atoms with Crippen LogP contribution >= 0.6 is 0 Å². The Kier molecular flexibility index (Phi) is 6.64. The van der Waals surface area contributed by atoms with Gasteiger partial charge in [0.05, 0.1) is 27.8 Å². The lowest BCUT2D eigenvalue weighted by Gasteiger charge is -2.22. The fourth-order valence-corrected chi connectivity index (χ4v) is 4.13. The SMILES string of the molecule is COC(=O)C[C@H](c1ccc(OC)cc1OC)c1c(O)cc(O)c2c(=O)cc(-c3ccccc3)oc12. The molecule has 0 aliphatic heterocycles. The van der Waals surface area contributed by atoms with Gasteiger partial charge in [-0.05, 0) is 6.07 Å². The van der Waals surface area contributed by atoms with Crippen molar-refractivity contribution in [3.8, 4) is 34.3 Å². The maximum absolute atomic E-state index is 13.1. The fraction of sp³-hybridized carbons (Fsp3) is 0.185. The quantitative estimate of drug-likeness (QED) is 0.372. The van der Waals surface area contributed by atoms with Crippen LogP contribution in [0.2, 0.25) is 0 Å². The Morgan fingerprint density at radius 2 is 1.69 bits per heavy atom. The number of fused-ring (bicyclic) bond motifs is 1. The van der Waals surface area contributed by atoms with Crippen molar-refractivity contribution >= 4 is 16.9 Å². The summed E-state index contributed by atoms with van der Waals surface area (Å²) in [5.41, 5.74) is 0.755. The lowest BCUT2D eigenvalue weighted by atomic mass is 9.85. The number of phenolic OH excluding ortho intramolecular Hbond substituents is 2. The number of carbonyl (C=O) groups excluding carboxylic acids is 1. The minimum Gasteiger partial charge on any atom is -0.507 e. The van der Waals surface area contributed by atoms with E-state index in [1.165, 1.54) is 27.4 Å². The zero-order valence-corrected chi connectivity index (χ0v) is 19.4. The van der Waals surface area contributed by atoms with E-state index >= 15 is 0 Å². The maximum Gasteiger partial charge on any atom is 0.306 e. The van der Waals surface area contributed by atoms with Crippen molar-refractivity contribution in [1.82, 2.24) is 0 Å². The second-order valence-electron chi connectivity index (χ2n) is 7.81. The molecular weight excluding hydrogens is 452 g/mol. The number of hydrogen-bond acceptors (Lipinski definition) is 8. The lowest BCUT2D eigenvalue weighted by molar-refractivity contribution is -0.140. The van der Waals surface area contributed by atoms with Crippen molar-refractivity contribution in [2.75, 3.05) is 21.3 Å². The molecule has 0 aliphatic carbocycles. The number of hydrogen-bond donors (Lipinski definition) is 2. The topological polar surface area (TPSA) is 115 Å². The van der Waals surface area contributed by atoms with Crippen molar-refractivity contribution in [3.05, 3.63) is 82.0 Å². The summed E-state index contributed by atoms with van der Waals surface area (Å²) in [6.07, 6.45) is -0.202. The molecule has 1 atom stereocenters. The van der Waals surface area contributed by atoms with Gasteiger partial charge in [-0.2, -0.15) is 0 Å². The maximum atomic E-state index is 13.1. The van der Waals surface area contributed by atoms with Crippen LogP contribution in [0.4, 0.5) is 0 Å². The first-order valence-corrected chi connectivity index (χ1v) is 10.7. The molecule has 4 aromatic rings. The predicted molar refractivity (Wildman–Crippen MR) is 129 cm³/mol. The highest BCUT2D eigenvalue weighted by molar-refractivity contribution is 5.90. The van der Waals surface area contributed by atoms with E-state index in [-0.39, 0.29) is 34.5 Å². The highest BCUT2D eigenvalue weighted by atomic mass is 16.5. The van der Waals surface area contributed by atoms with Crippen LogP contribution in [0.1, 0.15) is 23.5 Å². The Bertz CT molecular complexity index is 1440. The molecule has 0 aliphatic rings. The summed E-state index contributed by atoms with van der Waals surface area (Å²) in [4.78, 5) is 25.5. The summed E-state index contributed by atoms with van der Waals surface area (Å²) < 4.78 is 21.8. The number of rotatable bonds is 7. The molecule has 8 heteroatoms. The van der Waals surface area contributed by atoms with Gasteiger partial charge in [0, 0.05) is 40.8 Å². The average molecular weight is 476 g/mol. The highest BCUT2D eigenvalue weighted by Crippen LogP contribution is 2.45. The number of esters is 1. The van der Waals surface area contributed by atoms with Gasteiger partial charge in [-0.3, -0.25) is 9.59 Å². The van der Waals surface area contributed by atoms with Crippen molar-refractivity contribution in [2.24, 2.45) is 0 Å². The molecule has 1 aromatic heterocycles. The van der Waals surface area contributed by atoms with Crippen LogP contribution < -0.4 is 14.9 Å². The number of carbonyl (C=O) groups is 1. The Balaban J connectivity index is 2.06. The largest absolute Gasteiger partial charge is 0.507 e. The van der Waals surface area contributed by atoms with Crippen molar-refractivity contribution in [3.63, 3.8) is 0 Å². The number of methoxy groups -OCH3 is 3. The first-order chi connectivity index (χ1) is 16.9. The summed E-state index contributed by atoms with van der Waals surface area (Å²) in [7, 11) is 4.24. The Morgan fingerprint density at radius 1 is 0.943 bits per heavy atom. The van der Waals surface area contributed by atoms with Gasteiger partial charge in [0.25, 0.3) is 0 Å². The third-order valence-electron chi connectivity index (χ3n) is 5.82. The monoisotopic (exact) mass is 476 g/mol. The standard InChI is InChI=1S/C27H24O8/c1-32-16-9-10-17(23(11-16)33-2)18(12-24(31)34-3)25-19(28)13-20(29)26-21(30)14-22(35-27(25)26)15-7-5-4-6-8-15/h4-11,13-14,18,28-29H,12H2,1-3H3/t18-/m1/s1. The lowest BCUT2D eigenvalue weighted by Crippen LogP contribution is -2.13. The van der Waals surface area contributed by atoms with Crippen LogP contribution in [0.5, 0.6) is 23.0 Å². The average Bonchev–Trinajstić information content (AvgIpc) is 2.87. The van der Waals surface area contributed by atoms with Gasteiger partial charge in [0.1, 0.15) is 39.7 Å². The molecule has 8 nitrogen and oxygen atoms in total. The van der Waals surface area contributed by atoms with E-state index in [4.69, 9.17) is 18.6 Å². The van der Waals surface area contributed by atoms with Gasteiger partial charge in [0.2, 0.25) is 0 Å². The van der Waals surface area contributed by atoms with Gasteiger partial charge >= 0.3 is 5.97 Å². The van der Waals surface area contributed by atoms with Crippen molar-refractivity contribution in [2.45, 2.75) is 12.3 Å². The van der Waals surface area contributed by atoms with E-state index in [1.807, 2.05) is 6.07 Å². The fourth-order valence-electron chi connectivity index (χ4n) is 4.13. The molecule has 0 bridgehead atoms. The van der Waals surface area contributed by atoms with E-state index in [2.05, 4.69) is 0 Å². The minimum absolute atomic E-state index is 0.0411. The molecule has 4 rings (SSSR count). The summed E-state index contributed by atoms with van der Waals surface area (Å²) in [6.45, 7) is 0. The number of benzene rings is 3. The zero-order valence-electron chi connectivity index (χ0n) is 19.4. The Labute approximate surface area is 200 Å². The predicted octanol–water partition coefficient (Wildman–Crippen LogP) is 4.58. The smallest absolute Gasteiger partial charge is 0.306 e. The molecule has 0 radical (unpaired) electrons. The second-order valence-corrected chi connectivity index (χ2v) is 7.81. The molecular formula is C27H24O8. The van der Waals surface area contributed by atoms with E-state index in [9.17, 15) is 19.8 Å². The zero-order chi connectivity index (χ0) is 25.1. The molecule has 0 saturated heterocycles. The van der Waals surface area contributed by atoms with Crippen molar-refractivity contribution < 1.29 is 33.6 Å². The summed E-state index contributed by atoms with van der Waals surface area (Å²) in [6, 6.07) is 16.3. The highest BCUT2D eigenvalue weighted by Gasteiger charge is 2.30. The third-order valence-corrected chi connectivity index (χ3v) is 5.82. The minimum atomic E-state index is -0.847. The van der Waals surface area contributed by atoms with E-state index < -0.39 is 23.1 Å². The normalized spacial score (nSPS) is 11.7. The first-order valence-electron chi connectivity index (χ1n) is 10.7. The molecule has 2 N–H and O–H groups in total. The molecule has 180 valence electrons. The van der Waals surface area contributed by atoms with Crippen LogP contribution in [0.25, 0.3) is 22.3 Å². The molecule has 3 aromatic carbocycles. The van der Waals surface area contributed by atoms with Gasteiger partial charge in [-0.15, -0.1) is 0 Å². The molecule has 0 saturated carbocycles. The molecule has 0 spiro atoms. The van der Waals surface area contributed by atoms with Crippen LogP contribution in [-0.2, 0) is 9.53 Å². The van der Waals surface area contributed by atoms with Gasteiger partial charge in [-0.1, -0.05) is 36.4 Å². The summed E-state index contributed by atoms with van der Waals surface area (Å²) >= 11 is 0. The Hall–Kier alpha value is -4.46. The first kappa shape index (κ1) is 23.7. The molecule has 0 amide bonds. The van der Waals surface area contributed by atoms with Crippen LogP contribution in [-0.4, -0.2) is 37.5 Å². The third kappa shape index (κ3) is 4.50. The summed E-state index contributed by atoms with van der Waals surface area (Å²) in [5.74, 6) is -1.03. The molecule has 1 heterocycles. The number of phenols is 2. The van der Waals surface area contributed by atoms with E-state index in [0.29, 0.717) is 22.6 Å². The van der Waals surface area contributed by atoms with Crippen LogP contribution in [0, 0.1) is 0 Å². The van der Waals surface area contributed by atoms with Gasteiger partial charge in [-0.25, -0.2) is 0 Å². The molecule has 35 heavy (non-hydrogen) atoms. The number of aromatic hydroxyl groups is 2. The van der Waals surface area contributed by atoms with Crippen LogP contribution in [0.3, 0.4) is 0 Å².